The van der Waals surface area contributed by atoms with Gasteiger partial charge >= 0.3 is 5.97 Å². The van der Waals surface area contributed by atoms with Crippen LogP contribution < -0.4 is 0 Å². The average Bonchev–Trinajstić information content (AvgIpc) is 2.27. The lowest BCUT2D eigenvalue weighted by Gasteiger charge is -1.99. The molecule has 0 aliphatic carbocycles. The van der Waals surface area contributed by atoms with Crippen LogP contribution in [0.25, 0.3) is 0 Å². The lowest BCUT2D eigenvalue weighted by atomic mass is 10.1. The van der Waals surface area contributed by atoms with Crippen molar-refractivity contribution >= 4 is 29.2 Å². The van der Waals surface area contributed by atoms with Crippen LogP contribution >= 0.6 is 23.2 Å². The first-order valence-electron chi connectivity index (χ1n) is 4.11. The molecule has 0 radical (unpaired) electrons. The molecular weight excluding hydrogens is 235 g/mol. The van der Waals surface area contributed by atoms with Crippen LogP contribution in [-0.2, 0) is 15.4 Å². The molecule has 0 spiro atoms. The maximum atomic E-state index is 10.8. The molecule has 0 heterocycles. The third-order valence-electron chi connectivity index (χ3n) is 1.68. The van der Waals surface area contributed by atoms with Gasteiger partial charge in [-0.2, -0.15) is 0 Å². The normalized spacial score (nSPS) is 9.00. The summed E-state index contributed by atoms with van der Waals surface area (Å²) in [5.41, 5.74) is 1.47. The van der Waals surface area contributed by atoms with E-state index < -0.39 is 5.97 Å². The predicted octanol–water partition coefficient (Wildman–Crippen LogP) is 2.60. The van der Waals surface area contributed by atoms with Gasteiger partial charge in [0.1, 0.15) is 0 Å². The highest BCUT2D eigenvalue weighted by Crippen LogP contribution is 2.18. The van der Waals surface area contributed by atoms with E-state index in [1.54, 1.807) is 18.2 Å². The Morgan fingerprint density at radius 3 is 2.87 bits per heavy atom. The zero-order valence-corrected chi connectivity index (χ0v) is 9.52. The van der Waals surface area contributed by atoms with E-state index in [1.807, 2.05) is 0 Å². The zero-order chi connectivity index (χ0) is 11.3. The quantitative estimate of drug-likeness (QED) is 0.430. The van der Waals surface area contributed by atoms with Crippen molar-refractivity contribution in [3.8, 4) is 11.8 Å². The molecule has 0 N–H and O–H groups in total. The number of rotatable bonds is 1. The van der Waals surface area contributed by atoms with Crippen molar-refractivity contribution in [2.45, 2.75) is 5.88 Å². The molecule has 0 saturated heterocycles. The van der Waals surface area contributed by atoms with E-state index in [0.29, 0.717) is 16.5 Å². The summed E-state index contributed by atoms with van der Waals surface area (Å²) in [6.45, 7) is 0. The molecular formula is C11H8Cl2O2. The Balaban J connectivity index is 2.95. The monoisotopic (exact) mass is 242 g/mol. The summed E-state index contributed by atoms with van der Waals surface area (Å²) in [6, 6.07) is 5.15. The molecule has 2 nitrogen and oxygen atoms in total. The second-order valence-electron chi connectivity index (χ2n) is 2.68. The van der Waals surface area contributed by atoms with Crippen LogP contribution in [0, 0.1) is 11.8 Å². The highest BCUT2D eigenvalue weighted by molar-refractivity contribution is 6.32. The minimum atomic E-state index is -0.572. The summed E-state index contributed by atoms with van der Waals surface area (Å²) in [7, 11) is 1.28. The summed E-state index contributed by atoms with van der Waals surface area (Å²) >= 11 is 11.5. The summed E-state index contributed by atoms with van der Waals surface area (Å²) < 4.78 is 4.39. The Labute approximate surface area is 98.1 Å². The van der Waals surface area contributed by atoms with Crippen LogP contribution in [0.15, 0.2) is 18.2 Å². The standard InChI is InChI=1S/C11H8Cl2O2/c1-15-11(14)5-3-8-2-4-10(13)9(6-8)7-12/h2,4,6H,7H2,1H3. The molecule has 0 atom stereocenters. The number of halogens is 2. The van der Waals surface area contributed by atoms with Crippen LogP contribution in [0.3, 0.4) is 0 Å². The number of alkyl halides is 1. The molecule has 0 fully saturated rings. The molecule has 0 unspecified atom stereocenters. The van der Waals surface area contributed by atoms with Crippen molar-refractivity contribution in [2.24, 2.45) is 0 Å². The Morgan fingerprint density at radius 2 is 2.27 bits per heavy atom. The van der Waals surface area contributed by atoms with Gasteiger partial charge in [-0.05, 0) is 23.8 Å². The predicted molar refractivity (Wildman–Crippen MR) is 59.9 cm³/mol. The lowest BCUT2D eigenvalue weighted by molar-refractivity contribution is -0.133. The van der Waals surface area contributed by atoms with Gasteiger partial charge in [0.25, 0.3) is 0 Å². The second-order valence-corrected chi connectivity index (χ2v) is 3.36. The number of esters is 1. The van der Waals surface area contributed by atoms with Gasteiger partial charge in [-0.1, -0.05) is 17.5 Å². The third kappa shape index (κ3) is 3.47. The molecule has 4 heteroatoms. The SMILES string of the molecule is COC(=O)C#Cc1ccc(Cl)c(CCl)c1. The van der Waals surface area contributed by atoms with E-state index >= 15 is 0 Å². The molecule has 0 saturated carbocycles. The van der Waals surface area contributed by atoms with Crippen molar-refractivity contribution in [3.05, 3.63) is 34.3 Å². The van der Waals surface area contributed by atoms with Crippen molar-refractivity contribution < 1.29 is 9.53 Å². The lowest BCUT2D eigenvalue weighted by Crippen LogP contribution is -1.94. The van der Waals surface area contributed by atoms with E-state index in [-0.39, 0.29) is 0 Å². The van der Waals surface area contributed by atoms with Crippen LogP contribution in [0.2, 0.25) is 5.02 Å². The van der Waals surface area contributed by atoms with Crippen LogP contribution in [0.1, 0.15) is 11.1 Å². The number of carbonyl (C=O) groups excluding carboxylic acids is 1. The Kier molecular flexibility index (Phi) is 4.48. The van der Waals surface area contributed by atoms with Gasteiger partial charge in [0.05, 0.1) is 7.11 Å². The second kappa shape index (κ2) is 5.65. The molecule has 0 amide bonds. The molecule has 0 aromatic heterocycles. The summed E-state index contributed by atoms with van der Waals surface area (Å²) in [4.78, 5) is 10.8. The fourth-order valence-corrected chi connectivity index (χ4v) is 1.40. The van der Waals surface area contributed by atoms with Crippen molar-refractivity contribution in [1.82, 2.24) is 0 Å². The maximum Gasteiger partial charge on any atom is 0.384 e. The average molecular weight is 243 g/mol. The van der Waals surface area contributed by atoms with Crippen molar-refractivity contribution in [3.63, 3.8) is 0 Å². The zero-order valence-electron chi connectivity index (χ0n) is 8.01. The number of hydrogen-bond donors (Lipinski definition) is 0. The smallest absolute Gasteiger partial charge is 0.384 e. The van der Waals surface area contributed by atoms with Gasteiger partial charge in [-0.3, -0.25) is 0 Å². The van der Waals surface area contributed by atoms with E-state index in [2.05, 4.69) is 16.6 Å². The molecule has 0 aliphatic heterocycles. The van der Waals surface area contributed by atoms with Crippen molar-refractivity contribution in [1.29, 1.82) is 0 Å². The summed E-state index contributed by atoms with van der Waals surface area (Å²) in [6.07, 6.45) is 0. The minimum Gasteiger partial charge on any atom is -0.459 e. The molecule has 78 valence electrons. The maximum absolute atomic E-state index is 10.8. The van der Waals surface area contributed by atoms with Gasteiger partial charge in [0, 0.05) is 22.4 Å². The highest BCUT2D eigenvalue weighted by atomic mass is 35.5. The Morgan fingerprint density at radius 1 is 1.53 bits per heavy atom. The summed E-state index contributed by atoms with van der Waals surface area (Å²) in [5, 5.41) is 0.591. The van der Waals surface area contributed by atoms with Gasteiger partial charge in [-0.15, -0.1) is 11.6 Å². The van der Waals surface area contributed by atoms with Gasteiger partial charge in [-0.25, -0.2) is 4.79 Å². The number of benzene rings is 1. The van der Waals surface area contributed by atoms with E-state index in [9.17, 15) is 4.79 Å². The molecule has 1 aromatic rings. The minimum absolute atomic E-state index is 0.312. The Hall–Kier alpha value is -1.17. The number of ether oxygens (including phenoxy) is 1. The van der Waals surface area contributed by atoms with Crippen molar-refractivity contribution in [2.75, 3.05) is 7.11 Å². The Bertz CT molecular complexity index is 430. The molecule has 0 aliphatic rings. The highest BCUT2D eigenvalue weighted by Gasteiger charge is 1.99. The van der Waals surface area contributed by atoms with E-state index in [0.717, 1.165) is 5.56 Å². The van der Waals surface area contributed by atoms with Crippen LogP contribution in [0.4, 0.5) is 0 Å². The fourth-order valence-electron chi connectivity index (χ4n) is 0.929. The molecule has 1 rings (SSSR count). The molecule has 15 heavy (non-hydrogen) atoms. The van der Waals surface area contributed by atoms with Gasteiger partial charge < -0.3 is 4.74 Å². The number of hydrogen-bond acceptors (Lipinski definition) is 2. The largest absolute Gasteiger partial charge is 0.459 e. The number of methoxy groups -OCH3 is 1. The topological polar surface area (TPSA) is 26.3 Å². The first kappa shape index (κ1) is 11.9. The molecule has 0 bridgehead atoms. The first-order valence-corrected chi connectivity index (χ1v) is 5.03. The van der Waals surface area contributed by atoms with Gasteiger partial charge in [0.2, 0.25) is 0 Å². The fraction of sp³-hybridized carbons (Fsp3) is 0.182. The van der Waals surface area contributed by atoms with E-state index in [1.165, 1.54) is 7.11 Å². The van der Waals surface area contributed by atoms with E-state index in [4.69, 9.17) is 23.2 Å². The first-order chi connectivity index (χ1) is 7.17. The summed E-state index contributed by atoms with van der Waals surface area (Å²) in [5.74, 6) is 4.72. The number of carbonyl (C=O) groups is 1. The van der Waals surface area contributed by atoms with Crippen LogP contribution in [-0.4, -0.2) is 13.1 Å². The van der Waals surface area contributed by atoms with Crippen LogP contribution in [0.5, 0.6) is 0 Å². The third-order valence-corrected chi connectivity index (χ3v) is 2.34. The molecule has 1 aromatic carbocycles. The van der Waals surface area contributed by atoms with Gasteiger partial charge in [0.15, 0.2) is 0 Å².